The first kappa shape index (κ1) is 19.8. The van der Waals surface area contributed by atoms with Crippen molar-refractivity contribution in [1.29, 1.82) is 0 Å². The maximum absolute atomic E-state index is 13.8. The van der Waals surface area contributed by atoms with Gasteiger partial charge in [-0.15, -0.1) is 0 Å². The number of aromatic amines is 1. The lowest BCUT2D eigenvalue weighted by molar-refractivity contribution is -0.131. The number of likely N-dealkylation sites (tertiary alicyclic amines) is 1. The van der Waals surface area contributed by atoms with Crippen LogP contribution in [0, 0.1) is 11.6 Å². The Morgan fingerprint density at radius 3 is 2.70 bits per heavy atom. The molecule has 3 heterocycles. The third kappa shape index (κ3) is 4.40. The molecule has 7 nitrogen and oxygen atoms in total. The van der Waals surface area contributed by atoms with Crippen molar-refractivity contribution >= 4 is 5.91 Å². The Morgan fingerprint density at radius 2 is 1.97 bits per heavy atom. The molecule has 0 spiro atoms. The van der Waals surface area contributed by atoms with Crippen LogP contribution in [0.15, 0.2) is 47.7 Å². The van der Waals surface area contributed by atoms with E-state index in [0.29, 0.717) is 43.1 Å². The lowest BCUT2D eigenvalue weighted by atomic mass is 9.93. The lowest BCUT2D eigenvalue weighted by Crippen LogP contribution is -2.39. The number of carbonyl (C=O) groups excluding carboxylic acids is 1. The molecule has 1 saturated heterocycles. The molecule has 1 amide bonds. The van der Waals surface area contributed by atoms with E-state index in [0.717, 1.165) is 18.2 Å². The van der Waals surface area contributed by atoms with Crippen LogP contribution in [0.2, 0.25) is 0 Å². The van der Waals surface area contributed by atoms with Crippen LogP contribution in [0.5, 0.6) is 0 Å². The highest BCUT2D eigenvalue weighted by molar-refractivity contribution is 5.79. The molecule has 1 aromatic carbocycles. The molecule has 1 N–H and O–H groups in total. The summed E-state index contributed by atoms with van der Waals surface area (Å²) in [7, 11) is 0. The van der Waals surface area contributed by atoms with Crippen molar-refractivity contribution in [3.63, 3.8) is 0 Å². The molecule has 9 heteroatoms. The molecule has 0 radical (unpaired) electrons. The number of hydrogen-bond donors (Lipinski definition) is 1. The van der Waals surface area contributed by atoms with Gasteiger partial charge in [0, 0.05) is 43.0 Å². The average Bonchev–Trinajstić information content (AvgIpc) is 2.76. The Balaban J connectivity index is 1.43. The Hall–Kier alpha value is -3.49. The Bertz CT molecular complexity index is 1110. The summed E-state index contributed by atoms with van der Waals surface area (Å²) in [4.78, 5) is 41.6. The number of benzene rings is 1. The fraction of sp³-hybridized carbons (Fsp3) is 0.286. The van der Waals surface area contributed by atoms with Crippen molar-refractivity contribution in [3.8, 4) is 11.5 Å². The largest absolute Gasteiger partial charge is 0.342 e. The first-order chi connectivity index (χ1) is 14.5. The number of halogens is 2. The maximum Gasteiger partial charge on any atom is 0.251 e. The van der Waals surface area contributed by atoms with Gasteiger partial charge in [-0.3, -0.25) is 14.6 Å². The molecule has 4 rings (SSSR count). The van der Waals surface area contributed by atoms with Gasteiger partial charge < -0.3 is 9.88 Å². The number of piperidine rings is 1. The van der Waals surface area contributed by atoms with Crippen molar-refractivity contribution in [3.05, 3.63) is 76.1 Å². The number of nitrogens with zero attached hydrogens (tertiary/aromatic N) is 4. The summed E-state index contributed by atoms with van der Waals surface area (Å²) in [6.45, 7) is 0.908. The number of aromatic nitrogens is 4. The van der Waals surface area contributed by atoms with Crippen LogP contribution in [-0.4, -0.2) is 43.8 Å². The van der Waals surface area contributed by atoms with E-state index in [2.05, 4.69) is 19.9 Å². The van der Waals surface area contributed by atoms with Crippen LogP contribution in [0.1, 0.15) is 30.0 Å². The second kappa shape index (κ2) is 8.48. The van der Waals surface area contributed by atoms with Crippen LogP contribution in [0.25, 0.3) is 11.5 Å². The number of amides is 1. The van der Waals surface area contributed by atoms with Crippen LogP contribution >= 0.6 is 0 Å². The number of nitrogens with one attached hydrogen (secondary N) is 1. The second-order valence-corrected chi connectivity index (χ2v) is 7.18. The van der Waals surface area contributed by atoms with Gasteiger partial charge >= 0.3 is 0 Å². The van der Waals surface area contributed by atoms with Crippen molar-refractivity contribution < 1.29 is 13.6 Å². The average molecular weight is 411 g/mol. The molecular weight excluding hydrogens is 392 g/mol. The smallest absolute Gasteiger partial charge is 0.251 e. The molecule has 1 aliphatic heterocycles. The lowest BCUT2D eigenvalue weighted by Gasteiger charge is -2.32. The van der Waals surface area contributed by atoms with Gasteiger partial charge in [0.05, 0.1) is 18.3 Å². The first-order valence-corrected chi connectivity index (χ1v) is 9.59. The third-order valence-electron chi connectivity index (χ3n) is 5.18. The number of hydrogen-bond acceptors (Lipinski definition) is 5. The van der Waals surface area contributed by atoms with Gasteiger partial charge in [-0.2, -0.15) is 0 Å². The minimum atomic E-state index is -0.594. The Morgan fingerprint density at radius 1 is 1.17 bits per heavy atom. The molecule has 0 atom stereocenters. The SMILES string of the molecule is O=C(Cc1cc(F)ccc1F)N1CCC(c2cc(=O)[nH]c(-c3cnccn3)n2)CC1. The molecule has 2 aromatic heterocycles. The van der Waals surface area contributed by atoms with Crippen LogP contribution in [-0.2, 0) is 11.2 Å². The number of H-pyrrole nitrogens is 1. The molecule has 0 aliphatic carbocycles. The summed E-state index contributed by atoms with van der Waals surface area (Å²) < 4.78 is 27.1. The zero-order valence-corrected chi connectivity index (χ0v) is 16.0. The monoisotopic (exact) mass is 411 g/mol. The van der Waals surface area contributed by atoms with Gasteiger partial charge in [0.15, 0.2) is 5.82 Å². The molecule has 30 heavy (non-hydrogen) atoms. The summed E-state index contributed by atoms with van der Waals surface area (Å²) in [5.41, 5.74) is 0.886. The molecule has 0 saturated carbocycles. The Kier molecular flexibility index (Phi) is 5.60. The quantitative estimate of drug-likeness (QED) is 0.712. The standard InChI is InChI=1S/C21H19F2N5O2/c22-15-1-2-16(23)14(9-15)10-20(30)28-7-3-13(4-8-28)17-11-19(29)27-21(26-17)18-12-24-5-6-25-18/h1-2,5-6,9,11-13H,3-4,7-8,10H2,(H,26,27,29). The van der Waals surface area contributed by atoms with E-state index in [-0.39, 0.29) is 29.4 Å². The van der Waals surface area contributed by atoms with Gasteiger partial charge in [0.25, 0.3) is 5.56 Å². The van der Waals surface area contributed by atoms with E-state index in [9.17, 15) is 18.4 Å². The van der Waals surface area contributed by atoms with E-state index in [1.165, 1.54) is 24.7 Å². The Labute approximate surface area is 170 Å². The predicted octanol–water partition coefficient (Wildman–Crippen LogP) is 2.45. The summed E-state index contributed by atoms with van der Waals surface area (Å²) in [6.07, 6.45) is 5.63. The van der Waals surface area contributed by atoms with E-state index in [1.807, 2.05) is 0 Å². The zero-order chi connectivity index (χ0) is 21.1. The summed E-state index contributed by atoms with van der Waals surface area (Å²) >= 11 is 0. The summed E-state index contributed by atoms with van der Waals surface area (Å²) in [5.74, 6) is -1.05. The normalized spacial score (nSPS) is 14.7. The summed E-state index contributed by atoms with van der Waals surface area (Å²) in [6, 6.07) is 4.56. The fourth-order valence-electron chi connectivity index (χ4n) is 3.61. The minimum absolute atomic E-state index is 0.0117. The zero-order valence-electron chi connectivity index (χ0n) is 16.0. The van der Waals surface area contributed by atoms with Crippen molar-refractivity contribution in [2.45, 2.75) is 25.2 Å². The summed E-state index contributed by atoms with van der Waals surface area (Å²) in [5, 5.41) is 0. The second-order valence-electron chi connectivity index (χ2n) is 7.18. The van der Waals surface area contributed by atoms with E-state index in [4.69, 9.17) is 0 Å². The fourth-order valence-corrected chi connectivity index (χ4v) is 3.61. The van der Waals surface area contributed by atoms with E-state index < -0.39 is 11.6 Å². The number of carbonyl (C=O) groups is 1. The predicted molar refractivity (Wildman–Crippen MR) is 105 cm³/mol. The van der Waals surface area contributed by atoms with Crippen molar-refractivity contribution in [1.82, 2.24) is 24.8 Å². The minimum Gasteiger partial charge on any atom is -0.342 e. The van der Waals surface area contributed by atoms with Crippen LogP contribution in [0.4, 0.5) is 8.78 Å². The molecule has 1 aliphatic rings. The maximum atomic E-state index is 13.8. The number of rotatable bonds is 4. The van der Waals surface area contributed by atoms with Gasteiger partial charge in [-0.25, -0.2) is 18.7 Å². The first-order valence-electron chi connectivity index (χ1n) is 9.59. The van der Waals surface area contributed by atoms with Crippen molar-refractivity contribution in [2.75, 3.05) is 13.1 Å². The van der Waals surface area contributed by atoms with Crippen molar-refractivity contribution in [2.24, 2.45) is 0 Å². The molecular formula is C21H19F2N5O2. The highest BCUT2D eigenvalue weighted by Gasteiger charge is 2.26. The van der Waals surface area contributed by atoms with E-state index >= 15 is 0 Å². The molecule has 1 fully saturated rings. The third-order valence-corrected chi connectivity index (χ3v) is 5.18. The van der Waals surface area contributed by atoms with Gasteiger partial charge in [0.2, 0.25) is 5.91 Å². The van der Waals surface area contributed by atoms with E-state index in [1.54, 1.807) is 4.90 Å². The molecule has 154 valence electrons. The van der Waals surface area contributed by atoms with Gasteiger partial charge in [0.1, 0.15) is 17.3 Å². The molecule has 0 unspecified atom stereocenters. The molecule has 3 aromatic rings. The van der Waals surface area contributed by atoms with Gasteiger partial charge in [-0.05, 0) is 31.0 Å². The van der Waals surface area contributed by atoms with Gasteiger partial charge in [-0.1, -0.05) is 0 Å². The highest BCUT2D eigenvalue weighted by Crippen LogP contribution is 2.27. The topological polar surface area (TPSA) is 91.8 Å². The van der Waals surface area contributed by atoms with Crippen LogP contribution in [0.3, 0.4) is 0 Å². The molecule has 0 bridgehead atoms. The van der Waals surface area contributed by atoms with Crippen LogP contribution < -0.4 is 5.56 Å². The highest BCUT2D eigenvalue weighted by atomic mass is 19.1.